The smallest absolute Gasteiger partial charge is 0.200 e. The summed E-state index contributed by atoms with van der Waals surface area (Å²) in [5.41, 5.74) is 2.64. The first-order valence-electron chi connectivity index (χ1n) is 7.44. The van der Waals surface area contributed by atoms with Gasteiger partial charge in [-0.25, -0.2) is 0 Å². The molecule has 0 unspecified atom stereocenters. The zero-order valence-electron chi connectivity index (χ0n) is 12.8. The molecule has 2 aromatic heterocycles. The summed E-state index contributed by atoms with van der Waals surface area (Å²) < 4.78 is 7.61. The van der Waals surface area contributed by atoms with Gasteiger partial charge in [0.25, 0.3) is 0 Å². The summed E-state index contributed by atoms with van der Waals surface area (Å²) in [6.45, 7) is 5.18. The first-order valence-corrected chi connectivity index (χ1v) is 8.42. The van der Waals surface area contributed by atoms with Crippen LogP contribution in [0, 0.1) is 6.92 Å². The predicted molar refractivity (Wildman–Crippen MR) is 88.8 cm³/mol. The molecule has 3 rings (SSSR count). The lowest BCUT2D eigenvalue weighted by Crippen LogP contribution is -2.01. The number of hydrogen-bond donors (Lipinski definition) is 0. The van der Waals surface area contributed by atoms with Crippen LogP contribution >= 0.6 is 11.8 Å². The first kappa shape index (κ1) is 14.9. The van der Waals surface area contributed by atoms with Crippen LogP contribution < -0.4 is 0 Å². The summed E-state index contributed by atoms with van der Waals surface area (Å²) in [4.78, 5) is 0. The van der Waals surface area contributed by atoms with Gasteiger partial charge in [-0.2, -0.15) is 0 Å². The molecule has 4 nitrogen and oxygen atoms in total. The Labute approximate surface area is 134 Å². The SMILES string of the molecule is CCCn1c(SCc2ccccc2C)nnc1-c1ccco1. The van der Waals surface area contributed by atoms with Crippen molar-refractivity contribution in [3.05, 3.63) is 53.8 Å². The Morgan fingerprint density at radius 3 is 2.73 bits per heavy atom. The van der Waals surface area contributed by atoms with Crippen LogP contribution in [0.25, 0.3) is 11.6 Å². The van der Waals surface area contributed by atoms with Gasteiger partial charge in [0.05, 0.1) is 6.26 Å². The molecule has 0 amide bonds. The Kier molecular flexibility index (Phi) is 4.63. The maximum Gasteiger partial charge on any atom is 0.200 e. The minimum absolute atomic E-state index is 0.767. The quantitative estimate of drug-likeness (QED) is 0.626. The third-order valence-corrected chi connectivity index (χ3v) is 4.54. The molecule has 22 heavy (non-hydrogen) atoms. The summed E-state index contributed by atoms with van der Waals surface area (Å²) in [6.07, 6.45) is 2.70. The van der Waals surface area contributed by atoms with Crippen molar-refractivity contribution in [1.82, 2.24) is 14.8 Å². The van der Waals surface area contributed by atoms with E-state index >= 15 is 0 Å². The van der Waals surface area contributed by atoms with E-state index in [4.69, 9.17) is 4.42 Å². The van der Waals surface area contributed by atoms with Gasteiger partial charge in [0.2, 0.25) is 0 Å². The van der Waals surface area contributed by atoms with E-state index in [1.165, 1.54) is 11.1 Å². The summed E-state index contributed by atoms with van der Waals surface area (Å²) in [5, 5.41) is 9.60. The molecule has 0 atom stereocenters. The highest BCUT2D eigenvalue weighted by atomic mass is 32.2. The number of aromatic nitrogens is 3. The second-order valence-electron chi connectivity index (χ2n) is 5.15. The number of rotatable bonds is 6. The molecule has 0 spiro atoms. The molecule has 0 aliphatic heterocycles. The average molecular weight is 313 g/mol. The van der Waals surface area contributed by atoms with Crippen LogP contribution in [0.1, 0.15) is 24.5 Å². The standard InChI is InChI=1S/C17H19N3OS/c1-3-10-20-16(15-9-6-11-21-15)18-19-17(20)22-12-14-8-5-4-7-13(14)2/h4-9,11H,3,10,12H2,1-2H3. The maximum absolute atomic E-state index is 5.47. The van der Waals surface area contributed by atoms with Crippen LogP contribution in [0.2, 0.25) is 0 Å². The number of benzene rings is 1. The Morgan fingerprint density at radius 1 is 1.14 bits per heavy atom. The average Bonchev–Trinajstić information content (AvgIpc) is 3.16. The van der Waals surface area contributed by atoms with Crippen LogP contribution in [0.15, 0.2) is 52.2 Å². The Hall–Kier alpha value is -2.01. The number of nitrogens with zero attached hydrogens (tertiary/aromatic N) is 3. The zero-order chi connectivity index (χ0) is 15.4. The predicted octanol–water partition coefficient (Wildman–Crippen LogP) is 4.55. The van der Waals surface area contributed by atoms with Gasteiger partial charge >= 0.3 is 0 Å². The van der Waals surface area contributed by atoms with Crippen molar-refractivity contribution < 1.29 is 4.42 Å². The zero-order valence-corrected chi connectivity index (χ0v) is 13.6. The number of thioether (sulfide) groups is 1. The van der Waals surface area contributed by atoms with Crippen molar-refractivity contribution in [3.63, 3.8) is 0 Å². The molecule has 0 saturated heterocycles. The lowest BCUT2D eigenvalue weighted by atomic mass is 10.1. The van der Waals surface area contributed by atoms with E-state index in [1.807, 2.05) is 12.1 Å². The molecule has 3 aromatic rings. The molecule has 0 fully saturated rings. The van der Waals surface area contributed by atoms with E-state index in [1.54, 1.807) is 18.0 Å². The molecule has 0 saturated carbocycles. The van der Waals surface area contributed by atoms with Crippen LogP contribution in [-0.2, 0) is 12.3 Å². The van der Waals surface area contributed by atoms with E-state index < -0.39 is 0 Å². The molecule has 0 radical (unpaired) electrons. The van der Waals surface area contributed by atoms with Gasteiger partial charge < -0.3 is 4.42 Å². The summed E-state index contributed by atoms with van der Waals surface area (Å²) in [7, 11) is 0. The molecule has 0 bridgehead atoms. The van der Waals surface area contributed by atoms with E-state index in [2.05, 4.69) is 52.9 Å². The topological polar surface area (TPSA) is 43.9 Å². The molecular weight excluding hydrogens is 294 g/mol. The fourth-order valence-electron chi connectivity index (χ4n) is 2.32. The number of hydrogen-bond acceptors (Lipinski definition) is 4. The highest BCUT2D eigenvalue weighted by molar-refractivity contribution is 7.98. The highest BCUT2D eigenvalue weighted by Gasteiger charge is 2.15. The Balaban J connectivity index is 1.83. The summed E-state index contributed by atoms with van der Waals surface area (Å²) in [5.74, 6) is 2.47. The van der Waals surface area contributed by atoms with E-state index in [0.717, 1.165) is 35.5 Å². The van der Waals surface area contributed by atoms with Gasteiger partial charge in [0.1, 0.15) is 0 Å². The van der Waals surface area contributed by atoms with Crippen LogP contribution in [0.3, 0.4) is 0 Å². The molecule has 0 aliphatic carbocycles. The molecular formula is C17H19N3OS. The van der Waals surface area contributed by atoms with Crippen molar-refractivity contribution in [2.24, 2.45) is 0 Å². The van der Waals surface area contributed by atoms with Gasteiger partial charge in [-0.1, -0.05) is 43.0 Å². The second kappa shape index (κ2) is 6.83. The van der Waals surface area contributed by atoms with Crippen LogP contribution in [0.5, 0.6) is 0 Å². The molecule has 1 aromatic carbocycles. The van der Waals surface area contributed by atoms with E-state index in [-0.39, 0.29) is 0 Å². The lowest BCUT2D eigenvalue weighted by molar-refractivity contribution is 0.559. The van der Waals surface area contributed by atoms with Crippen molar-refractivity contribution in [1.29, 1.82) is 0 Å². The van der Waals surface area contributed by atoms with Crippen molar-refractivity contribution >= 4 is 11.8 Å². The molecule has 2 heterocycles. The summed E-state index contributed by atoms with van der Waals surface area (Å²) >= 11 is 1.72. The molecule has 5 heteroatoms. The van der Waals surface area contributed by atoms with Gasteiger partial charge in [0, 0.05) is 12.3 Å². The number of furan rings is 1. The van der Waals surface area contributed by atoms with Crippen LogP contribution in [0.4, 0.5) is 0 Å². The second-order valence-corrected chi connectivity index (χ2v) is 6.09. The first-order chi connectivity index (χ1) is 10.8. The van der Waals surface area contributed by atoms with E-state index in [9.17, 15) is 0 Å². The third-order valence-electron chi connectivity index (χ3n) is 3.52. The normalized spacial score (nSPS) is 11.0. The van der Waals surface area contributed by atoms with E-state index in [0.29, 0.717) is 0 Å². The minimum Gasteiger partial charge on any atom is -0.461 e. The third kappa shape index (κ3) is 3.09. The Bertz CT molecular complexity index is 734. The summed E-state index contributed by atoms with van der Waals surface area (Å²) in [6, 6.07) is 12.2. The molecule has 0 N–H and O–H groups in total. The minimum atomic E-state index is 0.767. The lowest BCUT2D eigenvalue weighted by Gasteiger charge is -2.08. The molecule has 0 aliphatic rings. The van der Waals surface area contributed by atoms with Crippen molar-refractivity contribution in [2.45, 2.75) is 37.7 Å². The van der Waals surface area contributed by atoms with Gasteiger partial charge in [0.15, 0.2) is 16.7 Å². The van der Waals surface area contributed by atoms with Gasteiger partial charge in [-0.05, 0) is 36.6 Å². The molecule has 114 valence electrons. The Morgan fingerprint density at radius 2 is 2.00 bits per heavy atom. The van der Waals surface area contributed by atoms with Crippen molar-refractivity contribution in [2.75, 3.05) is 0 Å². The monoisotopic (exact) mass is 313 g/mol. The van der Waals surface area contributed by atoms with Crippen molar-refractivity contribution in [3.8, 4) is 11.6 Å². The highest BCUT2D eigenvalue weighted by Crippen LogP contribution is 2.27. The largest absolute Gasteiger partial charge is 0.461 e. The fourth-order valence-corrected chi connectivity index (χ4v) is 3.36. The van der Waals surface area contributed by atoms with Crippen LogP contribution in [-0.4, -0.2) is 14.8 Å². The maximum atomic E-state index is 5.47. The van der Waals surface area contributed by atoms with Gasteiger partial charge in [-0.3, -0.25) is 4.57 Å². The fraction of sp³-hybridized carbons (Fsp3) is 0.294. The number of aryl methyl sites for hydroxylation is 1. The van der Waals surface area contributed by atoms with Gasteiger partial charge in [-0.15, -0.1) is 10.2 Å².